The molecule has 1 aromatic heterocycles. The van der Waals surface area contributed by atoms with Gasteiger partial charge < -0.3 is 0 Å². The lowest BCUT2D eigenvalue weighted by atomic mass is 10.3. The Balaban J connectivity index is 2.63. The summed E-state index contributed by atoms with van der Waals surface area (Å²) >= 11 is 5.82. The van der Waals surface area contributed by atoms with E-state index in [0.29, 0.717) is 23.0 Å². The molecule has 0 fully saturated rings. The molecule has 0 radical (unpaired) electrons. The van der Waals surface area contributed by atoms with Crippen molar-refractivity contribution in [3.8, 4) is 5.69 Å². The van der Waals surface area contributed by atoms with E-state index in [-0.39, 0.29) is 5.95 Å². The van der Waals surface area contributed by atoms with Crippen LogP contribution in [0.4, 0.5) is 5.95 Å². The number of aryl methyl sites for hydroxylation is 1. The minimum Gasteiger partial charge on any atom is -0.292 e. The Hall–Kier alpha value is -1.92. The van der Waals surface area contributed by atoms with E-state index < -0.39 is 5.69 Å². The predicted octanol–water partition coefficient (Wildman–Crippen LogP) is 1.13. The summed E-state index contributed by atoms with van der Waals surface area (Å²) in [7, 11) is 0. The van der Waals surface area contributed by atoms with Gasteiger partial charge in [-0.15, -0.1) is 0 Å². The molecule has 1 heterocycles. The first-order valence-electron chi connectivity index (χ1n) is 5.38. The highest BCUT2D eigenvalue weighted by atomic mass is 35.5. The predicted molar refractivity (Wildman–Crippen MR) is 69.8 cm³/mol. The quantitative estimate of drug-likeness (QED) is 0.642. The number of benzene rings is 1. The molecule has 0 aliphatic carbocycles. The Morgan fingerprint density at radius 3 is 2.56 bits per heavy atom. The topological polar surface area (TPSA) is 85.8 Å². The molecule has 0 aliphatic rings. The fraction of sp³-hybridized carbons (Fsp3) is 0.182. The van der Waals surface area contributed by atoms with Gasteiger partial charge >= 0.3 is 5.69 Å². The van der Waals surface area contributed by atoms with Gasteiger partial charge in [0.25, 0.3) is 0 Å². The molecule has 1 aromatic carbocycles. The first-order chi connectivity index (χ1) is 8.65. The van der Waals surface area contributed by atoms with E-state index in [2.05, 4.69) is 15.4 Å². The Morgan fingerprint density at radius 2 is 2.00 bits per heavy atom. The molecule has 2 rings (SSSR count). The van der Waals surface area contributed by atoms with Crippen LogP contribution < -0.4 is 17.0 Å². The summed E-state index contributed by atoms with van der Waals surface area (Å²) < 4.78 is 1.43. The lowest BCUT2D eigenvalue weighted by Crippen LogP contribution is -2.28. The molecule has 0 atom stereocenters. The second kappa shape index (κ2) is 5.16. The van der Waals surface area contributed by atoms with Gasteiger partial charge in [0.05, 0.1) is 5.69 Å². The standard InChI is InChI=1S/C11H12ClN5O/c1-2-9-14-10(16-13)15-11(18)17(9)8-5-3-7(12)4-6-8/h3-6H,2,13H2,1H3,(H,15,16,18). The van der Waals surface area contributed by atoms with Crippen molar-refractivity contribution in [3.05, 3.63) is 45.6 Å². The molecular formula is C11H12ClN5O. The number of nitrogens with zero attached hydrogens (tertiary/aromatic N) is 3. The van der Waals surface area contributed by atoms with Gasteiger partial charge in [-0.3, -0.25) is 5.43 Å². The Kier molecular flexibility index (Phi) is 3.59. The first-order valence-corrected chi connectivity index (χ1v) is 5.76. The second-order valence-electron chi connectivity index (χ2n) is 3.56. The first kappa shape index (κ1) is 12.5. The van der Waals surface area contributed by atoms with Crippen LogP contribution in [0.2, 0.25) is 5.02 Å². The van der Waals surface area contributed by atoms with Gasteiger partial charge in [-0.2, -0.15) is 9.97 Å². The van der Waals surface area contributed by atoms with Gasteiger partial charge in [0.2, 0.25) is 5.95 Å². The van der Waals surface area contributed by atoms with Crippen LogP contribution in [0.15, 0.2) is 29.1 Å². The van der Waals surface area contributed by atoms with E-state index in [1.807, 2.05) is 6.92 Å². The van der Waals surface area contributed by atoms with Crippen LogP contribution >= 0.6 is 11.6 Å². The zero-order valence-electron chi connectivity index (χ0n) is 9.72. The molecule has 6 nitrogen and oxygen atoms in total. The highest BCUT2D eigenvalue weighted by molar-refractivity contribution is 6.30. The average molecular weight is 266 g/mol. The fourth-order valence-corrected chi connectivity index (χ4v) is 1.73. The molecule has 2 aromatic rings. The summed E-state index contributed by atoms with van der Waals surface area (Å²) in [6.45, 7) is 1.90. The fourth-order valence-electron chi connectivity index (χ4n) is 1.60. The van der Waals surface area contributed by atoms with E-state index in [1.54, 1.807) is 24.3 Å². The number of nitrogen functional groups attached to an aromatic ring is 1. The van der Waals surface area contributed by atoms with Crippen molar-refractivity contribution >= 4 is 17.5 Å². The van der Waals surface area contributed by atoms with Crippen molar-refractivity contribution in [1.29, 1.82) is 0 Å². The van der Waals surface area contributed by atoms with E-state index in [4.69, 9.17) is 17.4 Å². The third-order valence-electron chi connectivity index (χ3n) is 2.42. The van der Waals surface area contributed by atoms with Gasteiger partial charge in [-0.1, -0.05) is 18.5 Å². The molecule has 0 amide bonds. The van der Waals surface area contributed by atoms with E-state index in [9.17, 15) is 4.79 Å². The van der Waals surface area contributed by atoms with E-state index in [0.717, 1.165) is 0 Å². The number of nitrogens with two attached hydrogens (primary N) is 1. The molecule has 3 N–H and O–H groups in total. The molecule has 18 heavy (non-hydrogen) atoms. The molecular weight excluding hydrogens is 254 g/mol. The number of hydrogen-bond acceptors (Lipinski definition) is 5. The van der Waals surface area contributed by atoms with Crippen LogP contribution in [0, 0.1) is 0 Å². The largest absolute Gasteiger partial charge is 0.356 e. The number of hydrogen-bond donors (Lipinski definition) is 2. The molecule has 94 valence electrons. The average Bonchev–Trinajstić information content (AvgIpc) is 2.39. The summed E-state index contributed by atoms with van der Waals surface area (Å²) in [5.74, 6) is 5.90. The van der Waals surface area contributed by atoms with Gasteiger partial charge in [0.1, 0.15) is 5.82 Å². The normalized spacial score (nSPS) is 10.4. The number of aromatic nitrogens is 3. The van der Waals surface area contributed by atoms with Crippen LogP contribution in [0.1, 0.15) is 12.7 Å². The summed E-state index contributed by atoms with van der Waals surface area (Å²) in [5, 5.41) is 0.603. The third-order valence-corrected chi connectivity index (χ3v) is 2.67. The highest BCUT2D eigenvalue weighted by Gasteiger charge is 2.09. The van der Waals surface area contributed by atoms with Gasteiger partial charge in [-0.25, -0.2) is 15.2 Å². The minimum atomic E-state index is -0.433. The number of rotatable bonds is 3. The van der Waals surface area contributed by atoms with Crippen molar-refractivity contribution in [1.82, 2.24) is 14.5 Å². The number of hydrazine groups is 1. The maximum absolute atomic E-state index is 11.9. The van der Waals surface area contributed by atoms with Crippen LogP contribution in [-0.4, -0.2) is 14.5 Å². The Labute approximate surface area is 108 Å². The lowest BCUT2D eigenvalue weighted by molar-refractivity contribution is 0.770. The Morgan fingerprint density at radius 1 is 1.33 bits per heavy atom. The molecule has 0 aliphatic heterocycles. The zero-order chi connectivity index (χ0) is 13.1. The van der Waals surface area contributed by atoms with Crippen molar-refractivity contribution in [3.63, 3.8) is 0 Å². The molecule has 7 heteroatoms. The van der Waals surface area contributed by atoms with Crippen LogP contribution in [0.25, 0.3) is 5.69 Å². The lowest BCUT2D eigenvalue weighted by Gasteiger charge is -2.11. The van der Waals surface area contributed by atoms with Crippen molar-refractivity contribution in [2.75, 3.05) is 5.43 Å². The SMILES string of the molecule is CCc1nc(NN)nc(=O)n1-c1ccc(Cl)cc1. The smallest absolute Gasteiger partial charge is 0.292 e. The minimum absolute atomic E-state index is 0.113. The van der Waals surface area contributed by atoms with E-state index >= 15 is 0 Å². The van der Waals surface area contributed by atoms with Gasteiger partial charge in [0.15, 0.2) is 0 Å². The third kappa shape index (κ3) is 2.34. The summed E-state index contributed by atoms with van der Waals surface area (Å²) in [6.07, 6.45) is 0.578. The van der Waals surface area contributed by atoms with Crippen LogP contribution in [0.3, 0.4) is 0 Å². The van der Waals surface area contributed by atoms with Gasteiger partial charge in [-0.05, 0) is 24.3 Å². The number of nitrogens with one attached hydrogen (secondary N) is 1. The maximum Gasteiger partial charge on any atom is 0.356 e. The summed E-state index contributed by atoms with van der Waals surface area (Å²) in [5.41, 5.74) is 2.51. The molecule has 0 spiro atoms. The number of anilines is 1. The van der Waals surface area contributed by atoms with Crippen LogP contribution in [-0.2, 0) is 6.42 Å². The maximum atomic E-state index is 11.9. The van der Waals surface area contributed by atoms with Crippen molar-refractivity contribution in [2.24, 2.45) is 5.84 Å². The summed E-state index contributed by atoms with van der Waals surface area (Å²) in [4.78, 5) is 19.8. The van der Waals surface area contributed by atoms with Crippen molar-refractivity contribution in [2.45, 2.75) is 13.3 Å². The van der Waals surface area contributed by atoms with Crippen molar-refractivity contribution < 1.29 is 0 Å². The highest BCUT2D eigenvalue weighted by Crippen LogP contribution is 2.13. The molecule has 0 bridgehead atoms. The van der Waals surface area contributed by atoms with E-state index in [1.165, 1.54) is 4.57 Å². The zero-order valence-corrected chi connectivity index (χ0v) is 10.5. The number of halogens is 1. The van der Waals surface area contributed by atoms with Gasteiger partial charge in [0, 0.05) is 11.4 Å². The Bertz CT molecular complexity index is 608. The van der Waals surface area contributed by atoms with Crippen LogP contribution in [0.5, 0.6) is 0 Å². The monoisotopic (exact) mass is 265 g/mol. The second-order valence-corrected chi connectivity index (χ2v) is 3.99. The molecule has 0 unspecified atom stereocenters. The summed E-state index contributed by atoms with van der Waals surface area (Å²) in [6, 6.07) is 6.89. The molecule has 0 saturated heterocycles. The molecule has 0 saturated carbocycles.